The zero-order chi connectivity index (χ0) is 14.8. The minimum Gasteiger partial charge on any atom is -0.450 e. The van der Waals surface area contributed by atoms with Crippen LogP contribution in [0, 0.1) is 11.8 Å². The molecular formula is C16H21NO3S. The fourth-order valence-corrected chi connectivity index (χ4v) is 4.49. The quantitative estimate of drug-likeness (QED) is 0.799. The molecule has 2 fully saturated rings. The van der Waals surface area contributed by atoms with Crippen LogP contribution in [0.5, 0.6) is 0 Å². The minimum absolute atomic E-state index is 0.0175. The number of hydrogen-bond donors (Lipinski definition) is 0. The van der Waals surface area contributed by atoms with Gasteiger partial charge >= 0.3 is 6.09 Å². The highest BCUT2D eigenvalue weighted by atomic mass is 32.1. The SMILES string of the molecule is CCOC(=O)N1CC2CCCC2C1CC(=O)c1ccsc1. The molecule has 21 heavy (non-hydrogen) atoms. The molecule has 2 aliphatic rings. The Morgan fingerprint density at radius 2 is 2.29 bits per heavy atom. The van der Waals surface area contributed by atoms with Gasteiger partial charge in [0.2, 0.25) is 0 Å². The lowest BCUT2D eigenvalue weighted by molar-refractivity contribution is 0.0841. The molecule has 1 saturated heterocycles. The van der Waals surface area contributed by atoms with Gasteiger partial charge in [-0.2, -0.15) is 11.3 Å². The van der Waals surface area contributed by atoms with Crippen molar-refractivity contribution in [3.05, 3.63) is 22.4 Å². The van der Waals surface area contributed by atoms with Gasteiger partial charge in [-0.25, -0.2) is 4.79 Å². The molecule has 2 heterocycles. The van der Waals surface area contributed by atoms with Gasteiger partial charge in [0.1, 0.15) is 0 Å². The van der Waals surface area contributed by atoms with Crippen molar-refractivity contribution in [1.82, 2.24) is 4.90 Å². The van der Waals surface area contributed by atoms with E-state index in [1.54, 1.807) is 0 Å². The van der Waals surface area contributed by atoms with Crippen LogP contribution in [0.25, 0.3) is 0 Å². The molecule has 0 aromatic carbocycles. The summed E-state index contributed by atoms with van der Waals surface area (Å²) in [5.74, 6) is 1.16. The number of ether oxygens (including phenoxy) is 1. The van der Waals surface area contributed by atoms with Gasteiger partial charge in [-0.05, 0) is 43.0 Å². The second kappa shape index (κ2) is 6.18. The molecule has 3 atom stereocenters. The van der Waals surface area contributed by atoms with Crippen molar-refractivity contribution in [2.24, 2.45) is 11.8 Å². The molecule has 1 amide bonds. The Bertz CT molecular complexity index is 514. The van der Waals surface area contributed by atoms with Crippen LogP contribution in [-0.2, 0) is 4.74 Å². The number of thiophene rings is 1. The second-order valence-electron chi connectivity index (χ2n) is 5.91. The van der Waals surface area contributed by atoms with Gasteiger partial charge in [0.15, 0.2) is 5.78 Å². The zero-order valence-electron chi connectivity index (χ0n) is 12.3. The number of amides is 1. The van der Waals surface area contributed by atoms with E-state index >= 15 is 0 Å². The van der Waals surface area contributed by atoms with Crippen molar-refractivity contribution in [1.29, 1.82) is 0 Å². The number of nitrogens with zero attached hydrogens (tertiary/aromatic N) is 1. The largest absolute Gasteiger partial charge is 0.450 e. The highest BCUT2D eigenvalue weighted by molar-refractivity contribution is 7.08. The average molecular weight is 307 g/mol. The van der Waals surface area contributed by atoms with E-state index in [-0.39, 0.29) is 17.9 Å². The number of hydrogen-bond acceptors (Lipinski definition) is 4. The number of Topliss-reactive ketones (excluding diaryl/α,β-unsaturated/α-hetero) is 1. The van der Waals surface area contributed by atoms with Gasteiger partial charge in [0.05, 0.1) is 6.61 Å². The molecule has 0 bridgehead atoms. The van der Waals surface area contributed by atoms with Crippen LogP contribution in [0.4, 0.5) is 4.79 Å². The maximum Gasteiger partial charge on any atom is 0.410 e. The highest BCUT2D eigenvalue weighted by Gasteiger charge is 2.47. The summed E-state index contributed by atoms with van der Waals surface area (Å²) in [4.78, 5) is 26.4. The van der Waals surface area contributed by atoms with E-state index in [1.807, 2.05) is 28.7 Å². The lowest BCUT2D eigenvalue weighted by Gasteiger charge is -2.26. The molecule has 3 rings (SSSR count). The van der Waals surface area contributed by atoms with Crippen LogP contribution in [0.15, 0.2) is 16.8 Å². The average Bonchev–Trinajstić information content (AvgIpc) is 3.16. The lowest BCUT2D eigenvalue weighted by atomic mass is 9.90. The molecule has 3 unspecified atom stereocenters. The van der Waals surface area contributed by atoms with E-state index in [9.17, 15) is 9.59 Å². The molecule has 4 nitrogen and oxygen atoms in total. The molecular weight excluding hydrogens is 286 g/mol. The Balaban J connectivity index is 1.75. The highest BCUT2D eigenvalue weighted by Crippen LogP contribution is 2.43. The third-order valence-electron chi connectivity index (χ3n) is 4.78. The van der Waals surface area contributed by atoms with Crippen LogP contribution >= 0.6 is 11.3 Å². The third-order valence-corrected chi connectivity index (χ3v) is 5.47. The minimum atomic E-state index is -0.255. The van der Waals surface area contributed by atoms with Crippen LogP contribution in [0.3, 0.4) is 0 Å². The molecule has 0 spiro atoms. The van der Waals surface area contributed by atoms with Crippen molar-refractivity contribution < 1.29 is 14.3 Å². The van der Waals surface area contributed by atoms with Gasteiger partial charge < -0.3 is 9.64 Å². The maximum atomic E-state index is 12.4. The van der Waals surface area contributed by atoms with E-state index in [4.69, 9.17) is 4.74 Å². The first-order valence-corrected chi connectivity index (χ1v) is 8.63. The molecule has 5 heteroatoms. The van der Waals surface area contributed by atoms with E-state index < -0.39 is 0 Å². The van der Waals surface area contributed by atoms with Crippen LogP contribution in [0.1, 0.15) is 43.0 Å². The summed E-state index contributed by atoms with van der Waals surface area (Å²) >= 11 is 1.53. The van der Waals surface area contributed by atoms with Crippen molar-refractivity contribution in [2.75, 3.05) is 13.2 Å². The molecule has 1 saturated carbocycles. The molecule has 0 N–H and O–H groups in total. The van der Waals surface area contributed by atoms with E-state index in [0.717, 1.165) is 18.5 Å². The van der Waals surface area contributed by atoms with Crippen LogP contribution in [0.2, 0.25) is 0 Å². The number of carbonyl (C=O) groups is 2. The first-order chi connectivity index (χ1) is 10.2. The number of carbonyl (C=O) groups excluding carboxylic acids is 2. The monoisotopic (exact) mass is 307 g/mol. The maximum absolute atomic E-state index is 12.4. The number of likely N-dealkylation sites (tertiary alicyclic amines) is 1. The molecule has 114 valence electrons. The molecule has 0 radical (unpaired) electrons. The van der Waals surface area contributed by atoms with E-state index in [2.05, 4.69) is 0 Å². The lowest BCUT2D eigenvalue weighted by Crippen LogP contribution is -2.39. The van der Waals surface area contributed by atoms with Gasteiger partial charge in [-0.3, -0.25) is 4.79 Å². The van der Waals surface area contributed by atoms with Gasteiger partial charge in [-0.1, -0.05) is 6.42 Å². The number of rotatable bonds is 4. The van der Waals surface area contributed by atoms with Crippen molar-refractivity contribution in [3.8, 4) is 0 Å². The summed E-state index contributed by atoms with van der Waals surface area (Å²) in [5, 5.41) is 3.81. The summed E-state index contributed by atoms with van der Waals surface area (Å²) in [6.07, 6.45) is 3.69. The summed E-state index contributed by atoms with van der Waals surface area (Å²) < 4.78 is 5.17. The van der Waals surface area contributed by atoms with Crippen LogP contribution in [-0.4, -0.2) is 36.0 Å². The predicted octanol–water partition coefficient (Wildman–Crippen LogP) is 3.58. The third kappa shape index (κ3) is 2.84. The standard InChI is InChI=1S/C16H21NO3S/c1-2-20-16(19)17-9-11-4-3-5-13(11)14(17)8-15(18)12-6-7-21-10-12/h6-7,10-11,13-14H,2-5,8-9H2,1H3. The van der Waals surface area contributed by atoms with Crippen molar-refractivity contribution in [2.45, 2.75) is 38.6 Å². The Labute approximate surface area is 129 Å². The van der Waals surface area contributed by atoms with Crippen molar-refractivity contribution in [3.63, 3.8) is 0 Å². The van der Waals surface area contributed by atoms with Gasteiger partial charge in [0.25, 0.3) is 0 Å². The Morgan fingerprint density at radius 3 is 3.00 bits per heavy atom. The Morgan fingerprint density at radius 1 is 1.43 bits per heavy atom. The summed E-state index contributed by atoms with van der Waals surface area (Å²) in [6, 6.07) is 1.88. The summed E-state index contributed by atoms with van der Waals surface area (Å²) in [5.41, 5.74) is 0.769. The van der Waals surface area contributed by atoms with Gasteiger partial charge in [0, 0.05) is 30.0 Å². The first-order valence-electron chi connectivity index (χ1n) is 7.69. The topological polar surface area (TPSA) is 46.6 Å². The zero-order valence-corrected chi connectivity index (χ0v) is 13.1. The smallest absolute Gasteiger partial charge is 0.410 e. The fourth-order valence-electron chi connectivity index (χ4n) is 3.83. The second-order valence-corrected chi connectivity index (χ2v) is 6.69. The summed E-state index contributed by atoms with van der Waals surface area (Å²) in [6.45, 7) is 2.96. The predicted molar refractivity (Wildman–Crippen MR) is 81.6 cm³/mol. The Kier molecular flexibility index (Phi) is 4.29. The van der Waals surface area contributed by atoms with Crippen LogP contribution < -0.4 is 0 Å². The number of ketones is 1. The fraction of sp³-hybridized carbons (Fsp3) is 0.625. The first kappa shape index (κ1) is 14.6. The molecule has 1 aliphatic heterocycles. The molecule has 1 aromatic heterocycles. The van der Waals surface area contributed by atoms with E-state index in [0.29, 0.717) is 24.9 Å². The molecule has 1 aliphatic carbocycles. The van der Waals surface area contributed by atoms with Gasteiger partial charge in [-0.15, -0.1) is 0 Å². The normalized spacial score (nSPS) is 27.7. The number of fused-ring (bicyclic) bond motifs is 1. The molecule has 1 aromatic rings. The van der Waals surface area contributed by atoms with E-state index in [1.165, 1.54) is 24.2 Å². The summed E-state index contributed by atoms with van der Waals surface area (Å²) in [7, 11) is 0. The van der Waals surface area contributed by atoms with Crippen molar-refractivity contribution >= 4 is 23.2 Å². The Hall–Kier alpha value is -1.36.